The van der Waals surface area contributed by atoms with Crippen LogP contribution in [-0.4, -0.2) is 23.2 Å². The lowest BCUT2D eigenvalue weighted by molar-refractivity contribution is -0.123. The number of rotatable bonds is 7. The summed E-state index contributed by atoms with van der Waals surface area (Å²) < 4.78 is 11.4. The second-order valence-corrected chi connectivity index (χ2v) is 9.51. The van der Waals surface area contributed by atoms with Gasteiger partial charge in [0.15, 0.2) is 11.5 Å². The van der Waals surface area contributed by atoms with Crippen LogP contribution in [0.2, 0.25) is 10.0 Å². The van der Waals surface area contributed by atoms with Crippen LogP contribution >= 0.6 is 35.0 Å². The highest BCUT2D eigenvalue weighted by molar-refractivity contribution is 8.18. The van der Waals surface area contributed by atoms with Crippen molar-refractivity contribution in [3.63, 3.8) is 0 Å². The van der Waals surface area contributed by atoms with Gasteiger partial charge in [0.25, 0.3) is 11.1 Å². The van der Waals surface area contributed by atoms with E-state index in [-0.39, 0.29) is 24.3 Å². The van der Waals surface area contributed by atoms with Crippen LogP contribution in [0.15, 0.2) is 65.6 Å². The molecule has 34 heavy (non-hydrogen) atoms. The lowest BCUT2D eigenvalue weighted by atomic mass is 10.1. The van der Waals surface area contributed by atoms with Gasteiger partial charge in [0.05, 0.1) is 28.6 Å². The van der Waals surface area contributed by atoms with E-state index >= 15 is 0 Å². The zero-order valence-electron chi connectivity index (χ0n) is 18.5. The number of methoxy groups -OCH3 is 1. The van der Waals surface area contributed by atoms with Crippen molar-refractivity contribution in [1.29, 1.82) is 0 Å². The summed E-state index contributed by atoms with van der Waals surface area (Å²) in [6, 6.07) is 18.4. The van der Waals surface area contributed by atoms with Crippen LogP contribution in [0.5, 0.6) is 11.5 Å². The smallest absolute Gasteiger partial charge is 0.293 e. The van der Waals surface area contributed by atoms with Crippen LogP contribution in [0.4, 0.5) is 4.79 Å². The number of benzene rings is 3. The number of carbonyl (C=O) groups excluding carboxylic acids is 2. The molecule has 1 aliphatic rings. The first-order valence-corrected chi connectivity index (χ1v) is 12.0. The third kappa shape index (κ3) is 5.58. The number of aryl methyl sites for hydroxylation is 1. The Morgan fingerprint density at radius 3 is 2.50 bits per heavy atom. The predicted octanol–water partition coefficient (Wildman–Crippen LogP) is 7.13. The van der Waals surface area contributed by atoms with Gasteiger partial charge in [0.1, 0.15) is 6.61 Å². The number of imide groups is 1. The molecule has 1 heterocycles. The quantitative estimate of drug-likeness (QED) is 0.314. The van der Waals surface area contributed by atoms with Gasteiger partial charge >= 0.3 is 0 Å². The van der Waals surface area contributed by atoms with E-state index in [2.05, 4.69) is 0 Å². The second-order valence-electron chi connectivity index (χ2n) is 7.70. The zero-order valence-corrected chi connectivity index (χ0v) is 20.8. The van der Waals surface area contributed by atoms with Crippen LogP contribution in [0.25, 0.3) is 6.08 Å². The molecule has 2 amide bonds. The highest BCUT2D eigenvalue weighted by Crippen LogP contribution is 2.35. The van der Waals surface area contributed by atoms with Crippen LogP contribution in [-0.2, 0) is 17.9 Å². The zero-order chi connectivity index (χ0) is 24.2. The van der Waals surface area contributed by atoms with Gasteiger partial charge in [0.2, 0.25) is 0 Å². The maximum absolute atomic E-state index is 12.9. The highest BCUT2D eigenvalue weighted by Gasteiger charge is 2.35. The molecule has 0 N–H and O–H groups in total. The largest absolute Gasteiger partial charge is 0.493 e. The molecule has 3 aromatic carbocycles. The molecule has 174 valence electrons. The van der Waals surface area contributed by atoms with Crippen molar-refractivity contribution < 1.29 is 19.1 Å². The molecule has 0 saturated carbocycles. The van der Waals surface area contributed by atoms with Gasteiger partial charge in [-0.2, -0.15) is 0 Å². The number of halogens is 2. The van der Waals surface area contributed by atoms with Crippen LogP contribution in [0.3, 0.4) is 0 Å². The van der Waals surface area contributed by atoms with E-state index in [0.717, 1.165) is 34.0 Å². The summed E-state index contributed by atoms with van der Waals surface area (Å²) in [5.74, 6) is 0.737. The van der Waals surface area contributed by atoms with Crippen molar-refractivity contribution in [3.8, 4) is 11.5 Å². The highest BCUT2D eigenvalue weighted by atomic mass is 35.5. The Labute approximate surface area is 212 Å². The van der Waals surface area contributed by atoms with Gasteiger partial charge in [0, 0.05) is 0 Å². The molecular weight excluding hydrogens is 493 g/mol. The van der Waals surface area contributed by atoms with Gasteiger partial charge in [-0.15, -0.1) is 0 Å². The summed E-state index contributed by atoms with van der Waals surface area (Å²) in [5, 5.41) is 0.656. The van der Waals surface area contributed by atoms with Crippen molar-refractivity contribution in [2.24, 2.45) is 0 Å². The molecule has 8 heteroatoms. The summed E-state index contributed by atoms with van der Waals surface area (Å²) in [4.78, 5) is 27.0. The molecule has 0 bridgehead atoms. The lowest BCUT2D eigenvalue weighted by Gasteiger charge is -2.13. The minimum absolute atomic E-state index is 0.245. The Kier molecular flexibility index (Phi) is 7.51. The van der Waals surface area contributed by atoms with Crippen molar-refractivity contribution in [2.75, 3.05) is 7.11 Å². The Morgan fingerprint density at radius 1 is 0.941 bits per heavy atom. The van der Waals surface area contributed by atoms with Crippen molar-refractivity contribution in [2.45, 2.75) is 20.1 Å². The maximum atomic E-state index is 12.9. The average Bonchev–Trinajstić information content (AvgIpc) is 3.07. The predicted molar refractivity (Wildman–Crippen MR) is 136 cm³/mol. The summed E-state index contributed by atoms with van der Waals surface area (Å²) in [5.41, 5.74) is 3.57. The Balaban J connectivity index is 1.48. The Morgan fingerprint density at radius 2 is 1.76 bits per heavy atom. The first kappa shape index (κ1) is 24.2. The molecule has 0 unspecified atom stereocenters. The molecule has 1 fully saturated rings. The topological polar surface area (TPSA) is 55.8 Å². The summed E-state index contributed by atoms with van der Waals surface area (Å²) >= 11 is 13.0. The molecule has 3 aromatic rings. The number of ether oxygens (including phenoxy) is 2. The van der Waals surface area contributed by atoms with Crippen molar-refractivity contribution >= 4 is 52.2 Å². The van der Waals surface area contributed by atoms with E-state index in [4.69, 9.17) is 32.7 Å². The van der Waals surface area contributed by atoms with Gasteiger partial charge in [-0.3, -0.25) is 14.5 Å². The summed E-state index contributed by atoms with van der Waals surface area (Å²) in [6.45, 7) is 2.50. The van der Waals surface area contributed by atoms with Gasteiger partial charge in [-0.05, 0) is 65.7 Å². The third-order valence-corrected chi connectivity index (χ3v) is 6.81. The number of nitrogens with zero attached hydrogens (tertiary/aromatic N) is 1. The van der Waals surface area contributed by atoms with E-state index in [1.807, 2.05) is 37.3 Å². The van der Waals surface area contributed by atoms with Gasteiger partial charge in [-0.25, -0.2) is 0 Å². The van der Waals surface area contributed by atoms with Crippen LogP contribution in [0, 0.1) is 6.92 Å². The minimum Gasteiger partial charge on any atom is -0.493 e. The van der Waals surface area contributed by atoms with E-state index < -0.39 is 0 Å². The van der Waals surface area contributed by atoms with Crippen LogP contribution < -0.4 is 9.47 Å². The van der Waals surface area contributed by atoms with Gasteiger partial charge < -0.3 is 9.47 Å². The molecular formula is C26H21Cl2NO4S. The fraction of sp³-hybridized carbons (Fsp3) is 0.154. The molecule has 4 rings (SSSR count). The normalized spacial score (nSPS) is 14.7. The van der Waals surface area contributed by atoms with Crippen molar-refractivity contribution in [1.82, 2.24) is 4.90 Å². The Hall–Kier alpha value is -2.93. The minimum atomic E-state index is -0.310. The number of hydrogen-bond donors (Lipinski definition) is 0. The molecule has 5 nitrogen and oxygen atoms in total. The first-order chi connectivity index (χ1) is 16.3. The van der Waals surface area contributed by atoms with E-state index in [0.29, 0.717) is 26.4 Å². The number of hydrogen-bond acceptors (Lipinski definition) is 5. The summed E-state index contributed by atoms with van der Waals surface area (Å²) in [7, 11) is 1.54. The molecule has 0 radical (unpaired) electrons. The molecule has 1 aliphatic heterocycles. The first-order valence-electron chi connectivity index (χ1n) is 10.4. The molecule has 0 aromatic heterocycles. The van der Waals surface area contributed by atoms with Gasteiger partial charge in [-0.1, -0.05) is 65.2 Å². The lowest BCUT2D eigenvalue weighted by Crippen LogP contribution is -2.27. The standard InChI is InChI=1S/C26H21Cl2NO4S/c1-16-4-3-5-18(10-16)14-29-25(30)24(34-26(29)31)13-17-7-9-22(23(12-17)32-2)33-15-19-6-8-20(27)21(28)11-19/h3-13H,14-15H2,1-2H3/b24-13-. The maximum Gasteiger partial charge on any atom is 0.293 e. The summed E-state index contributed by atoms with van der Waals surface area (Å²) in [6.07, 6.45) is 1.69. The Bertz CT molecular complexity index is 1290. The van der Waals surface area contributed by atoms with Crippen LogP contribution in [0.1, 0.15) is 22.3 Å². The molecule has 0 spiro atoms. The fourth-order valence-electron chi connectivity index (χ4n) is 3.46. The SMILES string of the molecule is COc1cc(/C=C2\SC(=O)N(Cc3cccc(C)c3)C2=O)ccc1OCc1ccc(Cl)c(Cl)c1. The average molecular weight is 514 g/mol. The number of carbonyl (C=O) groups is 2. The number of thioether (sulfide) groups is 1. The monoisotopic (exact) mass is 513 g/mol. The third-order valence-electron chi connectivity index (χ3n) is 5.16. The molecule has 0 aliphatic carbocycles. The molecule has 0 atom stereocenters. The second kappa shape index (κ2) is 10.6. The van der Waals surface area contributed by atoms with E-state index in [1.165, 1.54) is 4.90 Å². The number of amides is 2. The van der Waals surface area contributed by atoms with E-state index in [9.17, 15) is 9.59 Å². The molecule has 1 saturated heterocycles. The fourth-order valence-corrected chi connectivity index (χ4v) is 4.62. The van der Waals surface area contributed by atoms with E-state index in [1.54, 1.807) is 43.5 Å². The van der Waals surface area contributed by atoms with Crippen molar-refractivity contribution in [3.05, 3.63) is 97.9 Å².